The average molecular weight is 262 g/mol. The average Bonchev–Trinajstić information content (AvgIpc) is 2.29. The lowest BCUT2D eigenvalue weighted by molar-refractivity contribution is -0.351. The highest BCUT2D eigenvalue weighted by atomic mass is 16.9. The van der Waals surface area contributed by atoms with Crippen LogP contribution in [0.4, 0.5) is 0 Å². The van der Waals surface area contributed by atoms with Gasteiger partial charge in [0, 0.05) is 6.92 Å². The molecule has 0 rings (SSSR count). The van der Waals surface area contributed by atoms with Crippen molar-refractivity contribution in [3.05, 3.63) is 0 Å². The van der Waals surface area contributed by atoms with Crippen LogP contribution in [-0.4, -0.2) is 36.2 Å². The number of hydrogen-bond donors (Lipinski definition) is 1. The Morgan fingerprint density at radius 1 is 1.06 bits per heavy atom. The first-order valence-electron chi connectivity index (χ1n) is 6.19. The van der Waals surface area contributed by atoms with Crippen LogP contribution < -0.4 is 0 Å². The lowest BCUT2D eigenvalue weighted by Gasteiger charge is -2.28. The van der Waals surface area contributed by atoms with Gasteiger partial charge in [0.1, 0.15) is 0 Å². The third kappa shape index (κ3) is 7.24. The highest BCUT2D eigenvalue weighted by Crippen LogP contribution is 2.16. The fourth-order valence-electron chi connectivity index (χ4n) is 1.12. The van der Waals surface area contributed by atoms with Gasteiger partial charge in [-0.2, -0.15) is 0 Å². The summed E-state index contributed by atoms with van der Waals surface area (Å²) in [6.45, 7) is 6.06. The molecule has 0 aromatic carbocycles. The number of carbonyl (C=O) groups excluding carboxylic acids is 1. The maximum absolute atomic E-state index is 11.0. The van der Waals surface area contributed by atoms with E-state index in [1.165, 1.54) is 6.92 Å². The molecule has 0 amide bonds. The van der Waals surface area contributed by atoms with Gasteiger partial charge in [0.15, 0.2) is 0 Å². The van der Waals surface area contributed by atoms with Crippen molar-refractivity contribution in [1.82, 2.24) is 0 Å². The molecule has 0 unspecified atom stereocenters. The first-order valence-corrected chi connectivity index (χ1v) is 6.19. The van der Waals surface area contributed by atoms with Gasteiger partial charge in [-0.15, -0.1) is 0 Å². The van der Waals surface area contributed by atoms with Crippen LogP contribution in [0.15, 0.2) is 0 Å². The van der Waals surface area contributed by atoms with Crippen LogP contribution >= 0.6 is 0 Å². The number of ether oxygens (including phenoxy) is 3. The summed E-state index contributed by atoms with van der Waals surface area (Å²) in [6.07, 6.45) is 3.38. The molecule has 0 spiro atoms. The number of esters is 1. The predicted octanol–water partition coefficient (Wildman–Crippen LogP) is 1.92. The first kappa shape index (κ1) is 16.9. The largest absolute Gasteiger partial charge is 0.473 e. The molecule has 0 aliphatic rings. The Morgan fingerprint density at radius 2 is 1.50 bits per heavy atom. The Kier molecular flexibility index (Phi) is 8.32. The minimum Gasteiger partial charge on any atom is -0.473 e. The van der Waals surface area contributed by atoms with Crippen molar-refractivity contribution in [2.45, 2.75) is 52.4 Å². The summed E-state index contributed by atoms with van der Waals surface area (Å²) < 4.78 is 15.3. The van der Waals surface area contributed by atoms with Crippen molar-refractivity contribution in [3.8, 4) is 0 Å². The van der Waals surface area contributed by atoms with E-state index in [-0.39, 0.29) is 0 Å². The number of unbranched alkanes of at least 4 members (excludes halogenated alkanes) is 2. The van der Waals surface area contributed by atoms with Crippen LogP contribution in [-0.2, 0) is 23.8 Å². The van der Waals surface area contributed by atoms with Crippen molar-refractivity contribution in [2.24, 2.45) is 0 Å². The van der Waals surface area contributed by atoms with Crippen LogP contribution in [0.5, 0.6) is 0 Å². The van der Waals surface area contributed by atoms with E-state index in [0.29, 0.717) is 13.2 Å². The minimum absolute atomic E-state index is 0.339. The van der Waals surface area contributed by atoms with Gasteiger partial charge in [-0.1, -0.05) is 26.7 Å². The molecule has 106 valence electrons. The highest BCUT2D eigenvalue weighted by Gasteiger charge is 2.33. The molecule has 0 bridgehead atoms. The Hall–Kier alpha value is -1.14. The van der Waals surface area contributed by atoms with Crippen LogP contribution in [0.25, 0.3) is 0 Å². The molecule has 1 N–H and O–H groups in total. The predicted molar refractivity (Wildman–Crippen MR) is 63.9 cm³/mol. The summed E-state index contributed by atoms with van der Waals surface area (Å²) >= 11 is 0. The normalized spacial score (nSPS) is 11.3. The zero-order chi connectivity index (χ0) is 14.0. The molecular formula is C12H22O6. The second kappa shape index (κ2) is 8.88. The number of aliphatic carboxylic acids is 1. The summed E-state index contributed by atoms with van der Waals surface area (Å²) in [5, 5.41) is 8.50. The van der Waals surface area contributed by atoms with Gasteiger partial charge in [0.25, 0.3) is 0 Å². The van der Waals surface area contributed by atoms with Gasteiger partial charge >= 0.3 is 17.9 Å². The van der Waals surface area contributed by atoms with Gasteiger partial charge in [-0.25, -0.2) is 9.59 Å². The molecule has 0 radical (unpaired) electrons. The fourth-order valence-corrected chi connectivity index (χ4v) is 1.12. The van der Waals surface area contributed by atoms with Gasteiger partial charge in [-0.3, -0.25) is 0 Å². The van der Waals surface area contributed by atoms with Crippen molar-refractivity contribution < 1.29 is 28.9 Å². The van der Waals surface area contributed by atoms with Gasteiger partial charge in [0.05, 0.1) is 13.2 Å². The smallest absolute Gasteiger partial charge is 0.421 e. The van der Waals surface area contributed by atoms with Crippen molar-refractivity contribution in [1.29, 1.82) is 0 Å². The van der Waals surface area contributed by atoms with Gasteiger partial charge in [0.2, 0.25) is 0 Å². The van der Waals surface area contributed by atoms with Crippen LogP contribution in [0.3, 0.4) is 0 Å². The fraction of sp³-hybridized carbons (Fsp3) is 0.833. The summed E-state index contributed by atoms with van der Waals surface area (Å²) in [6, 6.07) is 0. The first-order chi connectivity index (χ1) is 8.45. The topological polar surface area (TPSA) is 82.1 Å². The number of rotatable bonds is 9. The van der Waals surface area contributed by atoms with E-state index < -0.39 is 17.9 Å². The molecular weight excluding hydrogens is 240 g/mol. The molecule has 0 aliphatic carbocycles. The highest BCUT2D eigenvalue weighted by molar-refractivity contribution is 6.28. The van der Waals surface area contributed by atoms with Crippen LogP contribution in [0, 0.1) is 0 Å². The van der Waals surface area contributed by atoms with Crippen molar-refractivity contribution in [3.63, 3.8) is 0 Å². The number of carbonyl (C=O) groups is 2. The molecule has 0 heterocycles. The van der Waals surface area contributed by atoms with E-state index in [0.717, 1.165) is 25.7 Å². The second-order valence-corrected chi connectivity index (χ2v) is 3.96. The molecule has 0 aromatic rings. The van der Waals surface area contributed by atoms with Gasteiger partial charge < -0.3 is 19.3 Å². The zero-order valence-corrected chi connectivity index (χ0v) is 11.2. The Labute approximate surface area is 107 Å². The quantitative estimate of drug-likeness (QED) is 0.296. The molecule has 6 nitrogen and oxygen atoms in total. The third-order valence-electron chi connectivity index (χ3n) is 2.18. The summed E-state index contributed by atoms with van der Waals surface area (Å²) in [4.78, 5) is 21.5. The Bertz CT molecular complexity index is 253. The molecule has 0 saturated carbocycles. The Balaban J connectivity index is 4.37. The van der Waals surface area contributed by atoms with Crippen LogP contribution in [0.2, 0.25) is 0 Å². The lowest BCUT2D eigenvalue weighted by Crippen LogP contribution is -2.40. The minimum atomic E-state index is -1.67. The van der Waals surface area contributed by atoms with Crippen molar-refractivity contribution in [2.75, 3.05) is 13.2 Å². The number of hydrogen-bond acceptors (Lipinski definition) is 5. The van der Waals surface area contributed by atoms with E-state index in [1.54, 1.807) is 0 Å². The van der Waals surface area contributed by atoms with Crippen LogP contribution in [0.1, 0.15) is 46.5 Å². The standard InChI is InChI=1S/C12H22O6/c1-4-6-8-16-12(3,17-9-7-5-2)18-11(15)10(13)14/h4-9H2,1-3H3,(H,13,14). The third-order valence-corrected chi connectivity index (χ3v) is 2.18. The van der Waals surface area contributed by atoms with E-state index in [9.17, 15) is 9.59 Å². The molecule has 0 atom stereocenters. The maximum Gasteiger partial charge on any atom is 0.421 e. The van der Waals surface area contributed by atoms with E-state index in [1.807, 2.05) is 13.8 Å². The molecule has 0 fully saturated rings. The number of carboxylic acid groups (broad SMARTS) is 1. The van der Waals surface area contributed by atoms with Crippen molar-refractivity contribution >= 4 is 11.9 Å². The van der Waals surface area contributed by atoms with E-state index in [4.69, 9.17) is 19.3 Å². The molecule has 6 heteroatoms. The molecule has 0 saturated heterocycles. The summed E-state index contributed by atoms with van der Waals surface area (Å²) in [5.74, 6) is -4.68. The van der Waals surface area contributed by atoms with Gasteiger partial charge in [-0.05, 0) is 12.8 Å². The van der Waals surface area contributed by atoms with E-state index >= 15 is 0 Å². The summed E-state index contributed by atoms with van der Waals surface area (Å²) in [5.41, 5.74) is 0. The monoisotopic (exact) mass is 262 g/mol. The lowest BCUT2D eigenvalue weighted by atomic mass is 10.3. The molecule has 18 heavy (non-hydrogen) atoms. The second-order valence-electron chi connectivity index (χ2n) is 3.96. The number of carboxylic acids is 1. The molecule has 0 aliphatic heterocycles. The zero-order valence-electron chi connectivity index (χ0n) is 11.2. The molecule has 0 aromatic heterocycles. The van der Waals surface area contributed by atoms with E-state index in [2.05, 4.69) is 0 Å². The SMILES string of the molecule is CCCCOC(C)(OCCCC)OC(=O)C(=O)O. The Morgan fingerprint density at radius 3 is 1.83 bits per heavy atom. The summed E-state index contributed by atoms with van der Waals surface area (Å²) in [7, 11) is 0. The maximum atomic E-state index is 11.0.